The van der Waals surface area contributed by atoms with Crippen LogP contribution in [0.5, 0.6) is 0 Å². The largest absolute Gasteiger partial charge is 0.206 e. The van der Waals surface area contributed by atoms with Gasteiger partial charge in [-0.2, -0.15) is 0 Å². The van der Waals surface area contributed by atoms with E-state index in [1.54, 1.807) is 17.4 Å². The Bertz CT molecular complexity index is 512. The summed E-state index contributed by atoms with van der Waals surface area (Å²) in [6, 6.07) is 6.87. The van der Waals surface area contributed by atoms with Crippen molar-refractivity contribution in [3.63, 3.8) is 0 Å². The highest BCUT2D eigenvalue weighted by Gasteiger charge is 2.16. The van der Waals surface area contributed by atoms with Gasteiger partial charge in [0.05, 0.1) is 9.85 Å². The first-order valence-corrected chi connectivity index (χ1v) is 7.31. The molecule has 5 heteroatoms. The minimum atomic E-state index is -0.322. The summed E-state index contributed by atoms with van der Waals surface area (Å²) in [5.41, 5.74) is 0.755. The first-order chi connectivity index (χ1) is 7.59. The van der Waals surface area contributed by atoms with Crippen molar-refractivity contribution in [1.82, 2.24) is 0 Å². The predicted octanol–water partition coefficient (Wildman–Crippen LogP) is 5.74. The van der Waals surface area contributed by atoms with E-state index in [0.29, 0.717) is 4.47 Å². The molecule has 1 aromatic heterocycles. The monoisotopic (exact) mass is 382 g/mol. The molecule has 84 valence electrons. The zero-order chi connectivity index (χ0) is 11.7. The van der Waals surface area contributed by atoms with Crippen molar-refractivity contribution in [3.05, 3.63) is 54.8 Å². The van der Waals surface area contributed by atoms with Crippen LogP contribution >= 0.6 is 54.8 Å². The number of hydrogen-bond donors (Lipinski definition) is 0. The summed E-state index contributed by atoms with van der Waals surface area (Å²) in [7, 11) is 0. The molecule has 0 aliphatic heterocycles. The Morgan fingerprint density at radius 2 is 1.94 bits per heavy atom. The van der Waals surface area contributed by atoms with Crippen molar-refractivity contribution >= 4 is 54.8 Å². The highest BCUT2D eigenvalue weighted by molar-refractivity contribution is 9.10. The Kier molecular flexibility index (Phi) is 4.06. The van der Waals surface area contributed by atoms with Gasteiger partial charge in [0.25, 0.3) is 0 Å². The van der Waals surface area contributed by atoms with Gasteiger partial charge in [0.1, 0.15) is 5.82 Å². The van der Waals surface area contributed by atoms with Crippen LogP contribution in [0.15, 0.2) is 38.6 Å². The van der Waals surface area contributed by atoms with Crippen molar-refractivity contribution in [2.75, 3.05) is 0 Å². The molecule has 0 amide bonds. The SMILES string of the molecule is Fc1cc(C(Cl)c2sccc2Br)ccc1Br. The van der Waals surface area contributed by atoms with E-state index in [0.717, 1.165) is 14.9 Å². The molecule has 1 unspecified atom stereocenters. The van der Waals surface area contributed by atoms with Crippen LogP contribution in [0.3, 0.4) is 0 Å². The van der Waals surface area contributed by atoms with E-state index in [9.17, 15) is 4.39 Å². The van der Waals surface area contributed by atoms with Crippen molar-refractivity contribution in [1.29, 1.82) is 0 Å². The highest BCUT2D eigenvalue weighted by Crippen LogP contribution is 2.38. The molecule has 0 spiro atoms. The quantitative estimate of drug-likeness (QED) is 0.579. The Hall–Kier alpha value is 0.1000. The first kappa shape index (κ1) is 12.6. The van der Waals surface area contributed by atoms with Crippen LogP contribution in [0.2, 0.25) is 0 Å². The molecule has 0 saturated heterocycles. The van der Waals surface area contributed by atoms with Crippen molar-refractivity contribution < 1.29 is 4.39 Å². The Morgan fingerprint density at radius 3 is 2.50 bits per heavy atom. The van der Waals surface area contributed by atoms with Crippen LogP contribution < -0.4 is 0 Å². The molecule has 1 heterocycles. The van der Waals surface area contributed by atoms with Gasteiger partial charge in [-0.05, 0) is 61.0 Å². The normalized spacial score (nSPS) is 12.8. The van der Waals surface area contributed by atoms with Crippen LogP contribution in [0.1, 0.15) is 15.8 Å². The van der Waals surface area contributed by atoms with E-state index in [-0.39, 0.29) is 11.2 Å². The maximum Gasteiger partial charge on any atom is 0.137 e. The second-order valence-electron chi connectivity index (χ2n) is 3.17. The van der Waals surface area contributed by atoms with Crippen molar-refractivity contribution in [3.8, 4) is 0 Å². The molecule has 1 aromatic carbocycles. The van der Waals surface area contributed by atoms with Gasteiger partial charge in [-0.25, -0.2) is 4.39 Å². The van der Waals surface area contributed by atoms with Gasteiger partial charge in [0, 0.05) is 9.35 Å². The molecule has 0 fully saturated rings. The lowest BCUT2D eigenvalue weighted by Crippen LogP contribution is -1.92. The zero-order valence-corrected chi connectivity index (χ0v) is 12.6. The minimum Gasteiger partial charge on any atom is -0.206 e. The number of hydrogen-bond acceptors (Lipinski definition) is 1. The Morgan fingerprint density at radius 1 is 1.19 bits per heavy atom. The molecule has 0 nitrogen and oxygen atoms in total. The summed E-state index contributed by atoms with van der Waals surface area (Å²) in [4.78, 5) is 0.989. The molecule has 0 bridgehead atoms. The molecule has 0 saturated carbocycles. The Balaban J connectivity index is 2.38. The second-order valence-corrected chi connectivity index (χ2v) is 6.26. The van der Waals surface area contributed by atoms with E-state index in [2.05, 4.69) is 31.9 Å². The average molecular weight is 384 g/mol. The van der Waals surface area contributed by atoms with Crippen molar-refractivity contribution in [2.45, 2.75) is 5.38 Å². The molecule has 1 atom stereocenters. The molecular formula is C11H6Br2ClFS. The van der Waals surface area contributed by atoms with Crippen LogP contribution in [0.4, 0.5) is 4.39 Å². The molecule has 0 radical (unpaired) electrons. The second kappa shape index (κ2) is 5.17. The molecule has 0 aliphatic carbocycles. The maximum absolute atomic E-state index is 13.4. The van der Waals surface area contributed by atoms with Gasteiger partial charge < -0.3 is 0 Å². The third kappa shape index (κ3) is 2.50. The van der Waals surface area contributed by atoms with E-state index >= 15 is 0 Å². The van der Waals surface area contributed by atoms with Crippen LogP contribution in [0, 0.1) is 5.82 Å². The van der Waals surface area contributed by atoms with Gasteiger partial charge in [-0.1, -0.05) is 6.07 Å². The lowest BCUT2D eigenvalue weighted by molar-refractivity contribution is 0.619. The molecule has 16 heavy (non-hydrogen) atoms. The molecular weight excluding hydrogens is 378 g/mol. The fourth-order valence-electron chi connectivity index (χ4n) is 1.31. The van der Waals surface area contributed by atoms with Gasteiger partial charge >= 0.3 is 0 Å². The summed E-state index contributed by atoms with van der Waals surface area (Å²) in [6.45, 7) is 0. The summed E-state index contributed by atoms with van der Waals surface area (Å²) < 4.78 is 14.8. The summed E-state index contributed by atoms with van der Waals surface area (Å²) in [6.07, 6.45) is 0. The number of alkyl halides is 1. The smallest absolute Gasteiger partial charge is 0.137 e. The highest BCUT2D eigenvalue weighted by atomic mass is 79.9. The van der Waals surface area contributed by atoms with Gasteiger partial charge in [-0.15, -0.1) is 22.9 Å². The lowest BCUT2D eigenvalue weighted by Gasteiger charge is -2.09. The predicted molar refractivity (Wildman–Crippen MR) is 73.8 cm³/mol. The standard InChI is InChI=1S/C11H6Br2ClFS/c12-7-2-1-6(5-9(7)15)10(14)11-8(13)3-4-16-11/h1-5,10H. The third-order valence-electron chi connectivity index (χ3n) is 2.11. The van der Waals surface area contributed by atoms with Crippen LogP contribution in [0.25, 0.3) is 0 Å². The zero-order valence-electron chi connectivity index (χ0n) is 7.88. The molecule has 0 N–H and O–H groups in total. The van der Waals surface area contributed by atoms with E-state index < -0.39 is 0 Å². The minimum absolute atomic E-state index is 0.296. The van der Waals surface area contributed by atoms with E-state index in [1.165, 1.54) is 6.07 Å². The van der Waals surface area contributed by atoms with E-state index in [4.69, 9.17) is 11.6 Å². The maximum atomic E-state index is 13.4. The first-order valence-electron chi connectivity index (χ1n) is 4.41. The van der Waals surface area contributed by atoms with Crippen LogP contribution in [-0.2, 0) is 0 Å². The van der Waals surface area contributed by atoms with Gasteiger partial charge in [0.2, 0.25) is 0 Å². The van der Waals surface area contributed by atoms with E-state index in [1.807, 2.05) is 17.5 Å². The van der Waals surface area contributed by atoms with Crippen molar-refractivity contribution in [2.24, 2.45) is 0 Å². The molecule has 2 rings (SSSR count). The number of benzene rings is 1. The van der Waals surface area contributed by atoms with Gasteiger partial charge in [-0.3, -0.25) is 0 Å². The summed E-state index contributed by atoms with van der Waals surface area (Å²) in [5.74, 6) is -0.296. The van der Waals surface area contributed by atoms with Crippen LogP contribution in [-0.4, -0.2) is 0 Å². The number of rotatable bonds is 2. The average Bonchev–Trinajstić information content (AvgIpc) is 2.67. The molecule has 2 aromatic rings. The topological polar surface area (TPSA) is 0 Å². The number of halogens is 4. The third-order valence-corrected chi connectivity index (χ3v) is 5.29. The Labute approximate surface area is 119 Å². The summed E-state index contributed by atoms with van der Waals surface area (Å²) in [5, 5.41) is 1.63. The fourth-order valence-corrected chi connectivity index (χ4v) is 3.70. The van der Waals surface area contributed by atoms with Gasteiger partial charge in [0.15, 0.2) is 0 Å². The fraction of sp³-hybridized carbons (Fsp3) is 0.0909. The summed E-state index contributed by atoms with van der Waals surface area (Å²) >= 11 is 14.4. The lowest BCUT2D eigenvalue weighted by atomic mass is 10.1. The number of thiophene rings is 1. The molecule has 0 aliphatic rings.